The van der Waals surface area contributed by atoms with Crippen molar-refractivity contribution in [3.8, 4) is 5.82 Å². The van der Waals surface area contributed by atoms with Gasteiger partial charge in [0.05, 0.1) is 0 Å². The average Bonchev–Trinajstić information content (AvgIpc) is 3.15. The predicted molar refractivity (Wildman–Crippen MR) is 153 cm³/mol. The van der Waals surface area contributed by atoms with Crippen molar-refractivity contribution in [3.05, 3.63) is 59.0 Å². The van der Waals surface area contributed by atoms with Crippen LogP contribution in [0.1, 0.15) is 13.3 Å². The van der Waals surface area contributed by atoms with Crippen LogP contribution < -0.4 is 15.8 Å². The molecule has 0 aliphatic carbocycles. The second kappa shape index (κ2) is 10.5. The van der Waals surface area contributed by atoms with E-state index in [1.54, 1.807) is 46.3 Å². The van der Waals surface area contributed by atoms with Crippen molar-refractivity contribution in [1.29, 1.82) is 0 Å². The third kappa shape index (κ3) is 5.55. The Balaban J connectivity index is 1.50. The molecule has 200 valence electrons. The summed E-state index contributed by atoms with van der Waals surface area (Å²) in [4.78, 5) is 31.7. The van der Waals surface area contributed by atoms with Crippen LogP contribution in [0.3, 0.4) is 0 Å². The maximum Gasteiger partial charge on any atom is 0.278 e. The number of anilines is 3. The molecule has 0 bridgehead atoms. The van der Waals surface area contributed by atoms with Crippen LogP contribution in [-0.4, -0.2) is 79.2 Å². The minimum absolute atomic E-state index is 0.191. The van der Waals surface area contributed by atoms with Crippen LogP contribution >= 0.6 is 0 Å². The van der Waals surface area contributed by atoms with E-state index in [1.807, 2.05) is 19.1 Å². The number of nitrogens with one attached hydrogen (secondary N) is 1. The van der Waals surface area contributed by atoms with E-state index in [9.17, 15) is 9.00 Å². The van der Waals surface area contributed by atoms with E-state index in [-0.39, 0.29) is 5.56 Å². The molecule has 11 nitrogen and oxygen atoms in total. The molecule has 1 aliphatic rings. The highest BCUT2D eigenvalue weighted by Crippen LogP contribution is 2.23. The SMILES string of the molecule is CCCn1c(=O)c2cnc(Nc3ccc(N4CCN(C)CC4)cc3)nc2n1-c1cccc(N=S(C)(C)=O)n1. The van der Waals surface area contributed by atoms with Crippen molar-refractivity contribution < 1.29 is 4.21 Å². The fourth-order valence-corrected chi connectivity index (χ4v) is 5.04. The van der Waals surface area contributed by atoms with Gasteiger partial charge < -0.3 is 15.1 Å². The van der Waals surface area contributed by atoms with Gasteiger partial charge in [0.1, 0.15) is 5.39 Å². The molecule has 0 spiro atoms. The van der Waals surface area contributed by atoms with Crippen LogP contribution in [0.4, 0.5) is 23.1 Å². The highest BCUT2D eigenvalue weighted by atomic mass is 32.2. The molecule has 0 amide bonds. The second-order valence-electron chi connectivity index (χ2n) is 9.76. The van der Waals surface area contributed by atoms with E-state index in [4.69, 9.17) is 4.98 Å². The van der Waals surface area contributed by atoms with E-state index < -0.39 is 9.73 Å². The summed E-state index contributed by atoms with van der Waals surface area (Å²) in [5.41, 5.74) is 2.28. The second-order valence-corrected chi connectivity index (χ2v) is 12.3. The van der Waals surface area contributed by atoms with Crippen LogP contribution in [0.2, 0.25) is 0 Å². The van der Waals surface area contributed by atoms with Crippen LogP contribution in [0.5, 0.6) is 0 Å². The fourth-order valence-electron chi connectivity index (χ4n) is 4.49. The molecule has 38 heavy (non-hydrogen) atoms. The van der Waals surface area contributed by atoms with Gasteiger partial charge in [-0.05, 0) is 49.9 Å². The lowest BCUT2D eigenvalue weighted by atomic mass is 10.2. The van der Waals surface area contributed by atoms with E-state index >= 15 is 0 Å². The van der Waals surface area contributed by atoms with Crippen LogP contribution in [0, 0.1) is 0 Å². The van der Waals surface area contributed by atoms with Crippen LogP contribution in [0.25, 0.3) is 16.9 Å². The molecule has 0 radical (unpaired) electrons. The number of piperazine rings is 1. The molecule has 5 rings (SSSR count). The summed E-state index contributed by atoms with van der Waals surface area (Å²) >= 11 is 0. The molecule has 1 N–H and O–H groups in total. The number of fused-ring (bicyclic) bond motifs is 1. The lowest BCUT2D eigenvalue weighted by Crippen LogP contribution is -2.44. The number of likely N-dealkylation sites (N-methyl/N-ethyl adjacent to an activating group) is 1. The van der Waals surface area contributed by atoms with E-state index in [2.05, 4.69) is 48.6 Å². The standard InChI is InChI=1S/C26H33N9O2S/c1-5-13-34-25(36)21-18-27-26(28-19-9-11-20(12-10-19)33-16-14-32(2)15-17-33)30-24(21)35(34)23-8-6-7-22(29-23)31-38(3,4)37/h6-12,18H,5,13-17H2,1-4H3,(H,27,28,30). The number of rotatable bonds is 7. The summed E-state index contributed by atoms with van der Waals surface area (Å²) in [5, 5.41) is 3.66. The Hall–Kier alpha value is -3.77. The van der Waals surface area contributed by atoms with E-state index in [0.29, 0.717) is 35.2 Å². The number of hydrogen-bond donors (Lipinski definition) is 1. The van der Waals surface area contributed by atoms with E-state index in [0.717, 1.165) is 38.3 Å². The van der Waals surface area contributed by atoms with Gasteiger partial charge in [0.25, 0.3) is 5.56 Å². The Morgan fingerprint density at radius 1 is 1.03 bits per heavy atom. The zero-order valence-corrected chi connectivity index (χ0v) is 23.0. The number of hydrogen-bond acceptors (Lipinski definition) is 9. The first-order valence-electron chi connectivity index (χ1n) is 12.7. The molecular formula is C26H33N9O2S. The normalized spacial score (nSPS) is 14.7. The summed E-state index contributed by atoms with van der Waals surface area (Å²) in [6, 6.07) is 13.5. The largest absolute Gasteiger partial charge is 0.369 e. The maximum absolute atomic E-state index is 13.2. The Morgan fingerprint density at radius 2 is 1.76 bits per heavy atom. The Kier molecular flexibility index (Phi) is 7.17. The molecular weight excluding hydrogens is 502 g/mol. The van der Waals surface area contributed by atoms with Gasteiger partial charge >= 0.3 is 0 Å². The molecule has 1 saturated heterocycles. The first-order chi connectivity index (χ1) is 18.2. The molecule has 1 aromatic carbocycles. The minimum atomic E-state index is -2.39. The Bertz CT molecular complexity index is 1620. The van der Waals surface area contributed by atoms with Crippen molar-refractivity contribution >= 4 is 43.9 Å². The molecule has 4 aromatic rings. The van der Waals surface area contributed by atoms with Gasteiger partial charge in [-0.1, -0.05) is 13.0 Å². The van der Waals surface area contributed by atoms with E-state index in [1.165, 1.54) is 5.69 Å². The molecule has 0 unspecified atom stereocenters. The van der Waals surface area contributed by atoms with Gasteiger partial charge in [-0.15, -0.1) is 0 Å². The van der Waals surface area contributed by atoms with Gasteiger partial charge in [-0.2, -0.15) is 9.35 Å². The van der Waals surface area contributed by atoms with Crippen molar-refractivity contribution in [2.24, 2.45) is 4.36 Å². The number of benzene rings is 1. The molecule has 0 saturated carbocycles. The topological polar surface area (TPSA) is 114 Å². The van der Waals surface area contributed by atoms with Gasteiger partial charge in [0.15, 0.2) is 17.3 Å². The maximum atomic E-state index is 13.2. The summed E-state index contributed by atoms with van der Waals surface area (Å²) in [6.07, 6.45) is 5.41. The third-order valence-corrected chi connectivity index (χ3v) is 6.98. The number of nitrogens with zero attached hydrogens (tertiary/aromatic N) is 8. The smallest absolute Gasteiger partial charge is 0.278 e. The lowest BCUT2D eigenvalue weighted by Gasteiger charge is -2.34. The monoisotopic (exact) mass is 535 g/mol. The summed E-state index contributed by atoms with van der Waals surface area (Å²) < 4.78 is 19.8. The van der Waals surface area contributed by atoms with Crippen molar-refractivity contribution in [3.63, 3.8) is 0 Å². The van der Waals surface area contributed by atoms with Crippen LogP contribution in [0.15, 0.2) is 57.8 Å². The quantitative estimate of drug-likeness (QED) is 0.384. The predicted octanol–water partition coefficient (Wildman–Crippen LogP) is 3.24. The first-order valence-corrected chi connectivity index (χ1v) is 15.0. The van der Waals surface area contributed by atoms with Crippen molar-refractivity contribution in [2.45, 2.75) is 19.9 Å². The van der Waals surface area contributed by atoms with Gasteiger partial charge in [0, 0.05) is 72.5 Å². The zero-order chi connectivity index (χ0) is 26.9. The highest BCUT2D eigenvalue weighted by Gasteiger charge is 2.19. The number of pyridine rings is 1. The molecule has 0 atom stereocenters. The fraction of sp³-hybridized carbons (Fsp3) is 0.385. The average molecular weight is 536 g/mol. The van der Waals surface area contributed by atoms with Crippen molar-refractivity contribution in [2.75, 3.05) is 56.0 Å². The first kappa shape index (κ1) is 25.9. The summed E-state index contributed by atoms with van der Waals surface area (Å²) in [6.45, 7) is 6.59. The van der Waals surface area contributed by atoms with Crippen molar-refractivity contribution in [1.82, 2.24) is 29.2 Å². The Morgan fingerprint density at radius 3 is 2.45 bits per heavy atom. The van der Waals surface area contributed by atoms with Gasteiger partial charge in [0.2, 0.25) is 5.95 Å². The molecule has 4 heterocycles. The zero-order valence-electron chi connectivity index (χ0n) is 22.2. The third-order valence-electron chi connectivity index (χ3n) is 6.35. The number of aromatic nitrogens is 5. The highest BCUT2D eigenvalue weighted by molar-refractivity contribution is 7.92. The van der Waals surface area contributed by atoms with Gasteiger partial charge in [-0.25, -0.2) is 23.5 Å². The summed E-state index contributed by atoms with van der Waals surface area (Å²) in [7, 11) is -0.248. The molecule has 1 aliphatic heterocycles. The minimum Gasteiger partial charge on any atom is -0.369 e. The summed E-state index contributed by atoms with van der Waals surface area (Å²) in [5.74, 6) is 1.18. The van der Waals surface area contributed by atoms with Gasteiger partial charge in [-0.3, -0.25) is 4.79 Å². The molecule has 1 fully saturated rings. The molecule has 3 aromatic heterocycles. The Labute approximate surface area is 222 Å². The lowest BCUT2D eigenvalue weighted by molar-refractivity contribution is 0.313. The molecule has 12 heteroatoms. The van der Waals surface area contributed by atoms with Crippen LogP contribution in [-0.2, 0) is 16.3 Å².